The van der Waals surface area contributed by atoms with Crippen LogP contribution in [0.1, 0.15) is 35.5 Å². The summed E-state index contributed by atoms with van der Waals surface area (Å²) in [7, 11) is 11.4. The monoisotopic (exact) mass is 544 g/mol. The summed E-state index contributed by atoms with van der Waals surface area (Å²) in [5.41, 5.74) is 4.01. The van der Waals surface area contributed by atoms with Crippen LogP contribution in [0.15, 0.2) is 65.2 Å². The minimum Gasteiger partial charge on any atom is -0.509 e. The van der Waals surface area contributed by atoms with Gasteiger partial charge in [-0.15, -0.1) is 12.6 Å². The van der Waals surface area contributed by atoms with E-state index in [0.717, 1.165) is 21.7 Å². The van der Waals surface area contributed by atoms with Crippen LogP contribution in [0, 0.1) is 12.8 Å². The van der Waals surface area contributed by atoms with Gasteiger partial charge in [0.15, 0.2) is 0 Å². The van der Waals surface area contributed by atoms with Gasteiger partial charge >= 0.3 is 0 Å². The summed E-state index contributed by atoms with van der Waals surface area (Å²) >= 11 is 4.30. The Balaban J connectivity index is 0.00000205. The molecule has 0 saturated heterocycles. The lowest BCUT2D eigenvalue weighted by Crippen LogP contribution is -2.36. The Hall–Kier alpha value is -2.98. The van der Waals surface area contributed by atoms with Gasteiger partial charge in [0.25, 0.3) is 5.91 Å². The largest absolute Gasteiger partial charge is 0.509 e. The van der Waals surface area contributed by atoms with E-state index in [1.165, 1.54) is 0 Å². The Labute approximate surface area is 238 Å². The Bertz CT molecular complexity index is 1280. The van der Waals surface area contributed by atoms with Crippen molar-refractivity contribution in [2.24, 2.45) is 5.92 Å². The molecule has 1 aliphatic rings. The zero-order chi connectivity index (χ0) is 28.5. The number of aliphatic hydroxyl groups is 2. The van der Waals surface area contributed by atoms with E-state index < -0.39 is 5.90 Å². The van der Waals surface area contributed by atoms with Gasteiger partial charge < -0.3 is 20.3 Å². The normalized spacial score (nSPS) is 15.4. The molecule has 0 bridgehead atoms. The van der Waals surface area contributed by atoms with E-state index in [-0.39, 0.29) is 25.0 Å². The molecule has 0 fully saturated rings. The van der Waals surface area contributed by atoms with Crippen LogP contribution in [-0.4, -0.2) is 78.7 Å². The molecule has 1 aromatic heterocycles. The molecule has 2 aromatic carbocycles. The first-order valence-corrected chi connectivity index (χ1v) is 13.3. The number of carbonyl (C=O) groups excluding carboxylic acids is 1. The molecule has 3 aromatic rings. The number of nitrogens with one attached hydrogen (secondary N) is 1. The number of nitrogens with zero attached hydrogens (tertiary/aromatic N) is 3. The van der Waals surface area contributed by atoms with Crippen molar-refractivity contribution in [2.45, 2.75) is 38.1 Å². The van der Waals surface area contributed by atoms with Crippen molar-refractivity contribution in [1.29, 1.82) is 0 Å². The molecule has 4 radical (unpaired) electrons. The van der Waals surface area contributed by atoms with Gasteiger partial charge in [0.2, 0.25) is 0 Å². The Morgan fingerprint density at radius 1 is 1.21 bits per heavy atom. The van der Waals surface area contributed by atoms with Crippen molar-refractivity contribution in [3.05, 3.63) is 77.1 Å². The second-order valence-corrected chi connectivity index (χ2v) is 9.56. The highest BCUT2D eigenvalue weighted by Gasteiger charge is 2.22. The maximum atomic E-state index is 13.1. The summed E-state index contributed by atoms with van der Waals surface area (Å²) in [6.07, 6.45) is 3.60. The topological polar surface area (TPSA) is 99.9 Å². The van der Waals surface area contributed by atoms with Crippen molar-refractivity contribution in [1.82, 2.24) is 14.7 Å². The molecule has 1 aliphatic heterocycles. The maximum absolute atomic E-state index is 13.1. The average molecular weight is 544 g/mol. The summed E-state index contributed by atoms with van der Waals surface area (Å²) in [6.45, 7) is 7.40. The summed E-state index contributed by atoms with van der Waals surface area (Å²) in [5.74, 6) is -0.985. The number of aliphatic hydroxyl groups excluding tert-OH is 2. The van der Waals surface area contributed by atoms with Crippen LogP contribution >= 0.6 is 12.6 Å². The molecule has 39 heavy (non-hydrogen) atoms. The molecule has 0 saturated carbocycles. The van der Waals surface area contributed by atoms with Crippen molar-refractivity contribution >= 4 is 39.9 Å². The fourth-order valence-corrected chi connectivity index (χ4v) is 4.48. The quantitative estimate of drug-likeness (QED) is 0.188. The van der Waals surface area contributed by atoms with Gasteiger partial charge in [-0.05, 0) is 42.8 Å². The molecule has 202 valence electrons. The predicted octanol–water partition coefficient (Wildman–Crippen LogP) is 3.09. The van der Waals surface area contributed by atoms with Crippen molar-refractivity contribution < 1.29 is 19.7 Å². The zero-order valence-electron chi connectivity index (χ0n) is 22.5. The van der Waals surface area contributed by atoms with Gasteiger partial charge in [0, 0.05) is 59.9 Å². The summed E-state index contributed by atoms with van der Waals surface area (Å²) in [6, 6.07) is 12.8. The molecule has 0 aliphatic carbocycles. The molecule has 1 amide bonds. The van der Waals surface area contributed by atoms with Crippen LogP contribution in [0.5, 0.6) is 5.75 Å². The van der Waals surface area contributed by atoms with Crippen LogP contribution in [0.4, 0.5) is 5.69 Å². The third-order valence-corrected chi connectivity index (χ3v) is 6.37. The highest BCUT2D eigenvalue weighted by atomic mass is 32.1. The van der Waals surface area contributed by atoms with E-state index in [1.54, 1.807) is 29.9 Å². The maximum Gasteiger partial charge on any atom is 0.259 e. The van der Waals surface area contributed by atoms with Crippen molar-refractivity contribution in [3.8, 4) is 11.4 Å². The zero-order valence-corrected chi connectivity index (χ0v) is 23.4. The third kappa shape index (κ3) is 8.25. The standard InChI is InChI=1S/C26H28B2N4O4S.C2H6/c1-16-23(13-32(30-16)21-4-6-22(37)7-5-21)25(35)29-20-3-2-19(24(9-20)36-26(27)28)12-31-10-17(14-33)8-18(11-31)15-34;1-2/h2-9,13,17,26,33-34,37H,10-12,14-15H2,1H3,(H,29,35);1-2H3/t17-;/m0./s1. The smallest absolute Gasteiger partial charge is 0.259 e. The second-order valence-electron chi connectivity index (χ2n) is 9.04. The minimum atomic E-state index is -1.05. The third-order valence-electron chi connectivity index (χ3n) is 6.07. The van der Waals surface area contributed by atoms with Gasteiger partial charge in [0.05, 0.1) is 30.2 Å². The number of aryl methyl sites for hydroxylation is 1. The Morgan fingerprint density at radius 3 is 2.56 bits per heavy atom. The molecule has 3 N–H and O–H groups in total. The van der Waals surface area contributed by atoms with E-state index in [2.05, 4.69) is 27.9 Å². The number of hydrogen-bond acceptors (Lipinski definition) is 7. The average Bonchev–Trinajstić information content (AvgIpc) is 3.32. The molecule has 4 rings (SSSR count). The number of aromatic nitrogens is 2. The Kier molecular flexibility index (Phi) is 11.3. The van der Waals surface area contributed by atoms with Crippen LogP contribution in [-0.2, 0) is 6.54 Å². The van der Waals surface area contributed by atoms with E-state index in [9.17, 15) is 15.0 Å². The number of hydrogen-bond donors (Lipinski definition) is 4. The van der Waals surface area contributed by atoms with E-state index >= 15 is 0 Å². The summed E-state index contributed by atoms with van der Waals surface area (Å²) < 4.78 is 7.31. The van der Waals surface area contributed by atoms with E-state index in [1.807, 2.05) is 50.3 Å². The SMILES string of the molecule is CC.[B]C([B])Oc1cc(NC(=O)c2cn(-c3ccc(S)cc3)nc2C)ccc1CN1CC(CO)=C[C@H](CO)C1. The lowest BCUT2D eigenvalue weighted by molar-refractivity contribution is 0.102. The lowest BCUT2D eigenvalue weighted by Gasteiger charge is -2.31. The van der Waals surface area contributed by atoms with Gasteiger partial charge in [-0.1, -0.05) is 26.0 Å². The number of ether oxygens (including phenoxy) is 1. The second kappa shape index (κ2) is 14.4. The molecule has 8 nitrogen and oxygen atoms in total. The van der Waals surface area contributed by atoms with Gasteiger partial charge in [-0.25, -0.2) is 4.68 Å². The first-order valence-electron chi connectivity index (χ1n) is 12.9. The molecule has 1 atom stereocenters. The van der Waals surface area contributed by atoms with Crippen molar-refractivity contribution in [2.75, 3.05) is 31.6 Å². The number of amides is 1. The number of carbonyl (C=O) groups is 1. The van der Waals surface area contributed by atoms with Crippen LogP contribution in [0.2, 0.25) is 0 Å². The first-order chi connectivity index (χ1) is 18.7. The molecular weight excluding hydrogens is 510 g/mol. The number of benzene rings is 2. The van der Waals surface area contributed by atoms with E-state index in [0.29, 0.717) is 42.3 Å². The lowest BCUT2D eigenvalue weighted by atomic mass is 9.82. The molecule has 2 heterocycles. The Morgan fingerprint density at radius 2 is 1.92 bits per heavy atom. The van der Waals surface area contributed by atoms with Gasteiger partial charge in [0.1, 0.15) is 21.4 Å². The minimum absolute atomic E-state index is 0.00149. The number of anilines is 1. The van der Waals surface area contributed by atoms with Crippen LogP contribution < -0.4 is 10.1 Å². The fourth-order valence-electron chi connectivity index (χ4n) is 4.33. The number of thiol groups is 1. The highest BCUT2D eigenvalue weighted by molar-refractivity contribution is 7.80. The van der Waals surface area contributed by atoms with Crippen LogP contribution in [0.3, 0.4) is 0 Å². The van der Waals surface area contributed by atoms with Gasteiger partial charge in [-0.2, -0.15) is 5.10 Å². The van der Waals surface area contributed by atoms with Crippen molar-refractivity contribution in [3.63, 3.8) is 0 Å². The van der Waals surface area contributed by atoms with E-state index in [4.69, 9.17) is 20.4 Å². The number of rotatable bonds is 9. The fraction of sp³-hybridized carbons (Fsp3) is 0.357. The molecule has 0 unspecified atom stereocenters. The molecule has 0 spiro atoms. The van der Waals surface area contributed by atoms with Crippen LogP contribution in [0.25, 0.3) is 5.69 Å². The highest BCUT2D eigenvalue weighted by Crippen LogP contribution is 2.28. The van der Waals surface area contributed by atoms with Gasteiger partial charge in [-0.3, -0.25) is 9.69 Å². The molecular formula is C28H34B2N4O4S. The first kappa shape index (κ1) is 30.6. The summed E-state index contributed by atoms with van der Waals surface area (Å²) in [5, 5.41) is 26.6. The molecule has 11 heteroatoms. The predicted molar refractivity (Wildman–Crippen MR) is 158 cm³/mol. The summed E-state index contributed by atoms with van der Waals surface area (Å²) in [4.78, 5) is 16.0.